The molecule has 5 nitrogen and oxygen atoms in total. The van der Waals surface area contributed by atoms with Crippen molar-refractivity contribution in [1.82, 2.24) is 0 Å². The maximum atomic E-state index is 10.8. The van der Waals surface area contributed by atoms with E-state index in [2.05, 4.69) is 15.0 Å². The number of para-hydroxylation sites is 2. The number of carbonyl (C=O) groups is 1. The predicted octanol–water partition coefficient (Wildman–Crippen LogP) is 3.63. The number of ether oxygens (including phenoxy) is 1. The molecule has 0 aliphatic heterocycles. The lowest BCUT2D eigenvalue weighted by atomic mass is 10.2. The van der Waals surface area contributed by atoms with Gasteiger partial charge in [0.2, 0.25) is 0 Å². The SMILES string of the molecule is CC=Nc1ccccc1NC.COC(=O)c1ccc(O)cc1. The van der Waals surface area contributed by atoms with E-state index < -0.39 is 5.97 Å². The summed E-state index contributed by atoms with van der Waals surface area (Å²) in [6.07, 6.45) is 1.79. The Morgan fingerprint density at radius 1 is 1.18 bits per heavy atom. The van der Waals surface area contributed by atoms with E-state index in [9.17, 15) is 4.79 Å². The van der Waals surface area contributed by atoms with Crippen LogP contribution in [0.3, 0.4) is 0 Å². The van der Waals surface area contributed by atoms with Crippen LogP contribution in [0.25, 0.3) is 0 Å². The van der Waals surface area contributed by atoms with Crippen molar-refractivity contribution in [1.29, 1.82) is 0 Å². The van der Waals surface area contributed by atoms with Gasteiger partial charge in [0.25, 0.3) is 0 Å². The van der Waals surface area contributed by atoms with Crippen LogP contribution in [-0.2, 0) is 4.74 Å². The largest absolute Gasteiger partial charge is 0.508 e. The molecule has 2 aromatic carbocycles. The third-order valence-electron chi connectivity index (χ3n) is 2.73. The first kappa shape index (κ1) is 17.2. The topological polar surface area (TPSA) is 70.9 Å². The minimum Gasteiger partial charge on any atom is -0.508 e. The van der Waals surface area contributed by atoms with Gasteiger partial charge in [0.05, 0.1) is 24.0 Å². The van der Waals surface area contributed by atoms with Gasteiger partial charge < -0.3 is 15.2 Å². The van der Waals surface area contributed by atoms with Gasteiger partial charge in [-0.15, -0.1) is 0 Å². The van der Waals surface area contributed by atoms with Gasteiger partial charge in [0, 0.05) is 13.3 Å². The lowest BCUT2D eigenvalue weighted by Gasteiger charge is -2.02. The minimum absolute atomic E-state index is 0.137. The molecule has 0 saturated heterocycles. The van der Waals surface area contributed by atoms with Crippen LogP contribution in [0.1, 0.15) is 17.3 Å². The molecule has 2 N–H and O–H groups in total. The Balaban J connectivity index is 0.000000220. The van der Waals surface area contributed by atoms with E-state index in [1.165, 1.54) is 31.4 Å². The fourth-order valence-corrected chi connectivity index (χ4v) is 1.65. The zero-order chi connectivity index (χ0) is 16.4. The number of phenols is 1. The number of esters is 1. The highest BCUT2D eigenvalue weighted by Crippen LogP contribution is 2.22. The summed E-state index contributed by atoms with van der Waals surface area (Å²) in [4.78, 5) is 15.0. The second kappa shape index (κ2) is 9.18. The minimum atomic E-state index is -0.398. The van der Waals surface area contributed by atoms with Crippen molar-refractivity contribution in [2.75, 3.05) is 19.5 Å². The van der Waals surface area contributed by atoms with Crippen LogP contribution >= 0.6 is 0 Å². The summed E-state index contributed by atoms with van der Waals surface area (Å²) in [6, 6.07) is 13.8. The quantitative estimate of drug-likeness (QED) is 0.671. The summed E-state index contributed by atoms with van der Waals surface area (Å²) in [5.74, 6) is -0.261. The number of rotatable bonds is 3. The molecular weight excluding hydrogens is 280 g/mol. The number of hydrogen-bond acceptors (Lipinski definition) is 5. The summed E-state index contributed by atoms with van der Waals surface area (Å²) in [6.45, 7) is 1.91. The van der Waals surface area contributed by atoms with Crippen molar-refractivity contribution in [3.63, 3.8) is 0 Å². The third kappa shape index (κ3) is 5.28. The number of phenolic OH excluding ortho intramolecular Hbond substituents is 1. The molecular formula is C17H20N2O3. The molecule has 0 bridgehead atoms. The fourth-order valence-electron chi connectivity index (χ4n) is 1.65. The predicted molar refractivity (Wildman–Crippen MR) is 89.3 cm³/mol. The molecule has 0 saturated carbocycles. The number of nitrogens with one attached hydrogen (secondary N) is 1. The summed E-state index contributed by atoms with van der Waals surface area (Å²) >= 11 is 0. The molecule has 0 aliphatic carbocycles. The molecule has 0 atom stereocenters. The van der Waals surface area contributed by atoms with Crippen LogP contribution in [0.4, 0.5) is 11.4 Å². The van der Waals surface area contributed by atoms with Crippen molar-refractivity contribution in [2.24, 2.45) is 4.99 Å². The molecule has 0 unspecified atom stereocenters. The first-order valence-corrected chi connectivity index (χ1v) is 6.75. The Hall–Kier alpha value is -2.82. The molecule has 0 radical (unpaired) electrons. The molecule has 5 heteroatoms. The molecule has 0 spiro atoms. The Labute approximate surface area is 130 Å². The van der Waals surface area contributed by atoms with Gasteiger partial charge in [0.15, 0.2) is 0 Å². The van der Waals surface area contributed by atoms with Gasteiger partial charge in [-0.25, -0.2) is 4.79 Å². The van der Waals surface area contributed by atoms with E-state index in [-0.39, 0.29) is 5.75 Å². The van der Waals surface area contributed by atoms with Gasteiger partial charge in [-0.3, -0.25) is 4.99 Å². The Kier molecular flexibility index (Phi) is 7.19. The van der Waals surface area contributed by atoms with Crippen LogP contribution in [0, 0.1) is 0 Å². The normalized spacial score (nSPS) is 9.77. The lowest BCUT2D eigenvalue weighted by molar-refractivity contribution is 0.0600. The van der Waals surface area contributed by atoms with Crippen LogP contribution < -0.4 is 5.32 Å². The molecule has 2 rings (SSSR count). The Morgan fingerprint density at radius 2 is 1.82 bits per heavy atom. The van der Waals surface area contributed by atoms with Gasteiger partial charge in [-0.05, 0) is 43.3 Å². The molecule has 0 aromatic heterocycles. The second-order valence-electron chi connectivity index (χ2n) is 4.19. The summed E-state index contributed by atoms with van der Waals surface area (Å²) in [5.41, 5.74) is 2.48. The highest BCUT2D eigenvalue weighted by atomic mass is 16.5. The van der Waals surface area contributed by atoms with Gasteiger partial charge in [-0.2, -0.15) is 0 Å². The van der Waals surface area contributed by atoms with Crippen molar-refractivity contribution in [2.45, 2.75) is 6.92 Å². The Morgan fingerprint density at radius 3 is 2.36 bits per heavy atom. The smallest absolute Gasteiger partial charge is 0.337 e. The number of benzene rings is 2. The first-order valence-electron chi connectivity index (χ1n) is 6.75. The van der Waals surface area contributed by atoms with Crippen LogP contribution in [0.15, 0.2) is 53.5 Å². The monoisotopic (exact) mass is 300 g/mol. The molecule has 2 aromatic rings. The molecule has 0 aliphatic rings. The number of anilines is 1. The number of hydrogen-bond donors (Lipinski definition) is 2. The molecule has 22 heavy (non-hydrogen) atoms. The zero-order valence-corrected chi connectivity index (χ0v) is 12.9. The number of aliphatic imine (C=N–C) groups is 1. The van der Waals surface area contributed by atoms with Crippen LogP contribution in [0.2, 0.25) is 0 Å². The summed E-state index contributed by atoms with van der Waals surface area (Å²) in [5, 5.41) is 11.9. The molecule has 116 valence electrons. The average Bonchev–Trinajstić information content (AvgIpc) is 2.56. The number of nitrogens with zero attached hydrogens (tertiary/aromatic N) is 1. The van der Waals surface area contributed by atoms with E-state index in [1.54, 1.807) is 6.21 Å². The van der Waals surface area contributed by atoms with E-state index in [4.69, 9.17) is 5.11 Å². The van der Waals surface area contributed by atoms with Crippen molar-refractivity contribution >= 4 is 23.6 Å². The van der Waals surface area contributed by atoms with Gasteiger partial charge >= 0.3 is 5.97 Å². The summed E-state index contributed by atoms with van der Waals surface area (Å²) in [7, 11) is 3.21. The van der Waals surface area contributed by atoms with Gasteiger partial charge in [-0.1, -0.05) is 12.1 Å². The van der Waals surface area contributed by atoms with Crippen LogP contribution in [-0.4, -0.2) is 31.4 Å². The van der Waals surface area contributed by atoms with E-state index in [1.807, 2.05) is 38.2 Å². The maximum Gasteiger partial charge on any atom is 0.337 e. The maximum absolute atomic E-state index is 10.8. The number of carbonyl (C=O) groups excluding carboxylic acids is 1. The fraction of sp³-hybridized carbons (Fsp3) is 0.176. The van der Waals surface area contributed by atoms with Crippen LogP contribution in [0.5, 0.6) is 5.75 Å². The van der Waals surface area contributed by atoms with E-state index >= 15 is 0 Å². The number of methoxy groups -OCH3 is 1. The molecule has 0 amide bonds. The first-order chi connectivity index (χ1) is 10.6. The molecule has 0 fully saturated rings. The third-order valence-corrected chi connectivity index (χ3v) is 2.73. The van der Waals surface area contributed by atoms with Crippen molar-refractivity contribution in [3.05, 3.63) is 54.1 Å². The van der Waals surface area contributed by atoms with Crippen molar-refractivity contribution < 1.29 is 14.6 Å². The lowest BCUT2D eigenvalue weighted by Crippen LogP contribution is -1.99. The van der Waals surface area contributed by atoms with Crippen molar-refractivity contribution in [3.8, 4) is 5.75 Å². The molecule has 0 heterocycles. The Bertz CT molecular complexity index is 622. The standard InChI is InChI=1S/C9H12N2.C8H8O3/c1-3-11-9-7-5-4-6-8(9)10-2;1-11-8(10)6-2-4-7(9)5-3-6/h3-7,10H,1-2H3;2-5,9H,1H3. The number of aromatic hydroxyl groups is 1. The second-order valence-corrected chi connectivity index (χ2v) is 4.19. The summed E-state index contributed by atoms with van der Waals surface area (Å²) < 4.78 is 4.46. The highest BCUT2D eigenvalue weighted by molar-refractivity contribution is 5.89. The highest BCUT2D eigenvalue weighted by Gasteiger charge is 2.02. The van der Waals surface area contributed by atoms with E-state index in [0.717, 1.165) is 11.4 Å². The van der Waals surface area contributed by atoms with Gasteiger partial charge in [0.1, 0.15) is 5.75 Å². The van der Waals surface area contributed by atoms with E-state index in [0.29, 0.717) is 5.56 Å². The average molecular weight is 300 g/mol. The zero-order valence-electron chi connectivity index (χ0n) is 12.9.